The van der Waals surface area contributed by atoms with Crippen LogP contribution in [0.5, 0.6) is 0 Å². The standard InChI is InChI=1S/C28H35ClN4O4/c1-2-3-7-16-32-25(31-17-8-9-23(31)24(34)10-5-4-6-11-27(36)37)18-26(35)33-19-22(30-28(32)33)20-12-14-21(29)15-13-20/h12-15,18-19,23H,2-11,16-17H2,1H3,(H,36,37)/t23-/m0/s1. The molecule has 198 valence electrons. The fraction of sp³-hybridized carbons (Fsp3) is 0.500. The SMILES string of the molecule is CCCCCn1c(N2CCC[C@H]2C(=O)CCCCCC(=O)O)cc(=O)n2cc(-c3ccc(Cl)cc3)nc12. The Hall–Kier alpha value is -3.13. The third-order valence-electron chi connectivity index (χ3n) is 7.05. The largest absolute Gasteiger partial charge is 0.481 e. The van der Waals surface area contributed by atoms with Crippen LogP contribution in [-0.4, -0.2) is 43.4 Å². The Morgan fingerprint density at radius 2 is 1.84 bits per heavy atom. The van der Waals surface area contributed by atoms with Gasteiger partial charge in [-0.05, 0) is 44.2 Å². The van der Waals surface area contributed by atoms with E-state index in [1.165, 1.54) is 0 Å². The Balaban J connectivity index is 1.64. The smallest absolute Gasteiger partial charge is 0.303 e. The van der Waals surface area contributed by atoms with Gasteiger partial charge in [0.05, 0.1) is 11.7 Å². The Morgan fingerprint density at radius 1 is 1.08 bits per heavy atom. The lowest BCUT2D eigenvalue weighted by Gasteiger charge is -2.29. The number of halogens is 1. The third kappa shape index (κ3) is 6.42. The Labute approximate surface area is 221 Å². The van der Waals surface area contributed by atoms with E-state index in [0.29, 0.717) is 48.8 Å². The minimum Gasteiger partial charge on any atom is -0.481 e. The lowest BCUT2D eigenvalue weighted by atomic mass is 10.0. The maximum absolute atomic E-state index is 13.2. The fourth-order valence-corrected chi connectivity index (χ4v) is 5.24. The number of hydrogen-bond acceptors (Lipinski definition) is 5. The minimum atomic E-state index is -0.803. The molecular formula is C28H35ClN4O4. The summed E-state index contributed by atoms with van der Waals surface area (Å²) in [6.45, 7) is 3.57. The normalized spacial score (nSPS) is 15.5. The minimum absolute atomic E-state index is 0.135. The molecule has 0 spiro atoms. The summed E-state index contributed by atoms with van der Waals surface area (Å²) in [4.78, 5) is 44.1. The summed E-state index contributed by atoms with van der Waals surface area (Å²) < 4.78 is 3.68. The first-order valence-electron chi connectivity index (χ1n) is 13.3. The van der Waals surface area contributed by atoms with Crippen molar-refractivity contribution >= 4 is 34.9 Å². The van der Waals surface area contributed by atoms with Crippen molar-refractivity contribution in [1.82, 2.24) is 14.0 Å². The Bertz CT molecular complexity index is 1300. The molecule has 1 aliphatic heterocycles. The number of carboxylic acids is 1. The number of hydrogen-bond donors (Lipinski definition) is 1. The molecule has 1 aliphatic rings. The van der Waals surface area contributed by atoms with Crippen LogP contribution in [0, 0.1) is 0 Å². The summed E-state index contributed by atoms with van der Waals surface area (Å²) in [7, 11) is 0. The first-order chi connectivity index (χ1) is 17.9. The predicted molar refractivity (Wildman–Crippen MR) is 146 cm³/mol. The molecule has 1 atom stereocenters. The summed E-state index contributed by atoms with van der Waals surface area (Å²) >= 11 is 6.06. The molecule has 9 heteroatoms. The second-order valence-electron chi connectivity index (χ2n) is 9.77. The second-order valence-corrected chi connectivity index (χ2v) is 10.2. The maximum Gasteiger partial charge on any atom is 0.303 e. The number of benzene rings is 1. The van der Waals surface area contributed by atoms with Gasteiger partial charge in [-0.3, -0.25) is 23.4 Å². The molecule has 0 unspecified atom stereocenters. The number of rotatable bonds is 13. The van der Waals surface area contributed by atoms with E-state index in [1.807, 2.05) is 24.3 Å². The van der Waals surface area contributed by atoms with Crippen LogP contribution in [0.1, 0.15) is 71.1 Å². The van der Waals surface area contributed by atoms with Crippen molar-refractivity contribution in [3.8, 4) is 11.3 Å². The van der Waals surface area contributed by atoms with Gasteiger partial charge in [-0.1, -0.05) is 49.9 Å². The molecular weight excluding hydrogens is 492 g/mol. The molecule has 0 aliphatic carbocycles. The van der Waals surface area contributed by atoms with Crippen molar-refractivity contribution < 1.29 is 14.7 Å². The van der Waals surface area contributed by atoms with Gasteiger partial charge in [0.25, 0.3) is 5.56 Å². The van der Waals surface area contributed by atoms with Crippen LogP contribution in [0.2, 0.25) is 5.02 Å². The topological polar surface area (TPSA) is 96.9 Å². The van der Waals surface area contributed by atoms with Crippen molar-refractivity contribution in [1.29, 1.82) is 0 Å². The first-order valence-corrected chi connectivity index (χ1v) is 13.7. The number of unbranched alkanes of at least 4 members (excludes halogenated alkanes) is 4. The van der Waals surface area contributed by atoms with Crippen LogP contribution >= 0.6 is 11.6 Å². The van der Waals surface area contributed by atoms with E-state index < -0.39 is 5.97 Å². The number of fused-ring (bicyclic) bond motifs is 1. The van der Waals surface area contributed by atoms with Gasteiger partial charge < -0.3 is 10.0 Å². The number of ketones is 1. The molecule has 37 heavy (non-hydrogen) atoms. The number of carboxylic acid groups (broad SMARTS) is 1. The lowest BCUT2D eigenvalue weighted by Crippen LogP contribution is -2.39. The molecule has 0 saturated carbocycles. The van der Waals surface area contributed by atoms with Crippen molar-refractivity contribution in [3.63, 3.8) is 0 Å². The summed E-state index contributed by atoms with van der Waals surface area (Å²) in [5.41, 5.74) is 1.41. The number of nitrogens with zero attached hydrogens (tertiary/aromatic N) is 4. The van der Waals surface area contributed by atoms with Gasteiger partial charge in [-0.25, -0.2) is 4.98 Å². The van der Waals surface area contributed by atoms with Crippen molar-refractivity contribution in [2.45, 2.75) is 83.7 Å². The monoisotopic (exact) mass is 526 g/mol. The fourth-order valence-electron chi connectivity index (χ4n) is 5.11. The van der Waals surface area contributed by atoms with Crippen LogP contribution in [0.3, 0.4) is 0 Å². The number of aryl methyl sites for hydroxylation is 1. The molecule has 1 saturated heterocycles. The lowest BCUT2D eigenvalue weighted by molar-refractivity contribution is -0.137. The molecule has 3 heterocycles. The summed E-state index contributed by atoms with van der Waals surface area (Å²) in [6, 6.07) is 8.77. The molecule has 1 aromatic carbocycles. The number of Topliss-reactive ketones (excluding diaryl/α,β-unsaturated/α-hetero) is 1. The summed E-state index contributed by atoms with van der Waals surface area (Å²) in [6.07, 6.45) is 9.03. The highest BCUT2D eigenvalue weighted by Crippen LogP contribution is 2.29. The Kier molecular flexibility index (Phi) is 9.03. The maximum atomic E-state index is 13.2. The zero-order valence-electron chi connectivity index (χ0n) is 21.4. The molecule has 0 radical (unpaired) electrons. The van der Waals surface area contributed by atoms with Crippen molar-refractivity contribution in [2.75, 3.05) is 11.4 Å². The highest BCUT2D eigenvalue weighted by atomic mass is 35.5. The van der Waals surface area contributed by atoms with Crippen molar-refractivity contribution in [3.05, 3.63) is 51.9 Å². The Morgan fingerprint density at radius 3 is 2.57 bits per heavy atom. The van der Waals surface area contributed by atoms with E-state index in [0.717, 1.165) is 49.9 Å². The number of aliphatic carboxylic acids is 1. The van der Waals surface area contributed by atoms with Gasteiger partial charge in [0.2, 0.25) is 5.78 Å². The molecule has 0 bridgehead atoms. The van der Waals surface area contributed by atoms with E-state index in [1.54, 1.807) is 16.7 Å². The van der Waals surface area contributed by atoms with Crippen LogP contribution in [0.25, 0.3) is 17.0 Å². The molecule has 8 nitrogen and oxygen atoms in total. The molecule has 2 aromatic heterocycles. The molecule has 4 rings (SSSR count). The van der Waals surface area contributed by atoms with Crippen LogP contribution < -0.4 is 10.5 Å². The van der Waals surface area contributed by atoms with Gasteiger partial charge >= 0.3 is 5.97 Å². The van der Waals surface area contributed by atoms with Gasteiger partial charge in [-0.15, -0.1) is 0 Å². The van der Waals surface area contributed by atoms with E-state index in [9.17, 15) is 14.4 Å². The highest BCUT2D eigenvalue weighted by molar-refractivity contribution is 6.30. The zero-order chi connectivity index (χ0) is 26.4. The molecule has 0 amide bonds. The molecule has 1 N–H and O–H groups in total. The highest BCUT2D eigenvalue weighted by Gasteiger charge is 2.32. The number of aromatic nitrogens is 3. The van der Waals surface area contributed by atoms with Gasteiger partial charge in [0.15, 0.2) is 5.78 Å². The van der Waals surface area contributed by atoms with Gasteiger partial charge in [-0.2, -0.15) is 0 Å². The zero-order valence-corrected chi connectivity index (χ0v) is 22.1. The van der Waals surface area contributed by atoms with E-state index >= 15 is 0 Å². The van der Waals surface area contributed by atoms with E-state index in [4.69, 9.17) is 21.7 Å². The first kappa shape index (κ1) is 26.9. The predicted octanol–water partition coefficient (Wildman–Crippen LogP) is 5.58. The average Bonchev–Trinajstić information content (AvgIpc) is 3.54. The second kappa shape index (κ2) is 12.4. The average molecular weight is 527 g/mol. The number of imidazole rings is 1. The summed E-state index contributed by atoms with van der Waals surface area (Å²) in [5.74, 6) is 0.687. The van der Waals surface area contributed by atoms with Crippen LogP contribution in [0.15, 0.2) is 41.3 Å². The number of anilines is 1. The third-order valence-corrected chi connectivity index (χ3v) is 7.31. The number of carbonyl (C=O) groups excluding carboxylic acids is 1. The van der Waals surface area contributed by atoms with Gasteiger partial charge in [0.1, 0.15) is 5.82 Å². The summed E-state index contributed by atoms with van der Waals surface area (Å²) in [5, 5.41) is 9.46. The van der Waals surface area contributed by atoms with Crippen LogP contribution in [0.4, 0.5) is 5.82 Å². The van der Waals surface area contributed by atoms with Gasteiger partial charge in [0, 0.05) is 48.8 Å². The quantitative estimate of drug-likeness (QED) is 0.292. The molecule has 3 aromatic rings. The van der Waals surface area contributed by atoms with E-state index in [2.05, 4.69) is 16.4 Å². The van der Waals surface area contributed by atoms with E-state index in [-0.39, 0.29) is 23.8 Å². The van der Waals surface area contributed by atoms with Crippen LogP contribution in [-0.2, 0) is 16.1 Å². The number of carbonyl (C=O) groups is 2. The van der Waals surface area contributed by atoms with Crippen molar-refractivity contribution in [2.24, 2.45) is 0 Å². The molecule has 1 fully saturated rings.